The van der Waals surface area contributed by atoms with Crippen LogP contribution in [0.25, 0.3) is 10.8 Å². The van der Waals surface area contributed by atoms with Crippen molar-refractivity contribution in [2.24, 2.45) is 0 Å². The highest BCUT2D eigenvalue weighted by Gasteiger charge is 2.19. The molecule has 19 heavy (non-hydrogen) atoms. The van der Waals surface area contributed by atoms with Gasteiger partial charge in [-0.15, -0.1) is 0 Å². The van der Waals surface area contributed by atoms with E-state index in [1.54, 1.807) is 0 Å². The second-order valence-corrected chi connectivity index (χ2v) is 5.87. The Balaban J connectivity index is 1.98. The van der Waals surface area contributed by atoms with Crippen LogP contribution in [0.15, 0.2) is 36.7 Å². The Morgan fingerprint density at radius 2 is 1.95 bits per heavy atom. The van der Waals surface area contributed by atoms with E-state index in [1.165, 1.54) is 16.3 Å². The van der Waals surface area contributed by atoms with E-state index in [9.17, 15) is 0 Å². The summed E-state index contributed by atoms with van der Waals surface area (Å²) < 4.78 is 0. The van der Waals surface area contributed by atoms with Gasteiger partial charge in [-0.05, 0) is 51.0 Å². The van der Waals surface area contributed by atoms with Crippen molar-refractivity contribution in [3.05, 3.63) is 42.2 Å². The zero-order valence-electron chi connectivity index (χ0n) is 12.3. The largest absolute Gasteiger partial charge is 0.311 e. The third-order valence-electron chi connectivity index (χ3n) is 3.80. The number of hydrogen-bond donors (Lipinski definition) is 1. The van der Waals surface area contributed by atoms with Crippen LogP contribution < -0.4 is 5.32 Å². The lowest BCUT2D eigenvalue weighted by Gasteiger charge is -2.32. The van der Waals surface area contributed by atoms with Crippen LogP contribution >= 0.6 is 0 Å². The molecule has 0 atom stereocenters. The summed E-state index contributed by atoms with van der Waals surface area (Å²) in [5.41, 5.74) is 1.48. The maximum atomic E-state index is 4.14. The van der Waals surface area contributed by atoms with Crippen molar-refractivity contribution >= 4 is 10.8 Å². The summed E-state index contributed by atoms with van der Waals surface area (Å²) >= 11 is 0. The average molecular weight is 257 g/mol. The first kappa shape index (κ1) is 14.0. The summed E-state index contributed by atoms with van der Waals surface area (Å²) in [6.07, 6.45) is 3.75. The first-order valence-corrected chi connectivity index (χ1v) is 6.70. The van der Waals surface area contributed by atoms with Gasteiger partial charge in [0.15, 0.2) is 0 Å². The van der Waals surface area contributed by atoms with Crippen LogP contribution in [0.4, 0.5) is 0 Å². The molecule has 0 radical (unpaired) electrons. The third kappa shape index (κ3) is 3.52. The molecule has 0 saturated carbocycles. The molecule has 1 aromatic heterocycles. The standard InChI is InChI=1S/C16H23N3/c1-16(2,19(3)4)12-18-10-13-5-6-15-11-17-8-7-14(15)9-13/h5-9,11,18H,10,12H2,1-4H3. The molecule has 0 amide bonds. The minimum Gasteiger partial charge on any atom is -0.311 e. The predicted molar refractivity (Wildman–Crippen MR) is 81.2 cm³/mol. The molecule has 0 aliphatic rings. The van der Waals surface area contributed by atoms with E-state index in [0.717, 1.165) is 13.1 Å². The number of nitrogens with one attached hydrogen (secondary N) is 1. The Kier molecular flexibility index (Phi) is 4.17. The lowest BCUT2D eigenvalue weighted by molar-refractivity contribution is 0.190. The van der Waals surface area contributed by atoms with Gasteiger partial charge in [0, 0.05) is 36.4 Å². The van der Waals surface area contributed by atoms with Crippen LogP contribution in [-0.4, -0.2) is 36.1 Å². The predicted octanol–water partition coefficient (Wildman–Crippen LogP) is 2.66. The molecule has 0 aliphatic heterocycles. The molecule has 102 valence electrons. The topological polar surface area (TPSA) is 28.2 Å². The van der Waals surface area contributed by atoms with E-state index < -0.39 is 0 Å². The Labute approximate surface area is 115 Å². The zero-order chi connectivity index (χ0) is 13.9. The first-order chi connectivity index (χ1) is 8.99. The lowest BCUT2D eigenvalue weighted by atomic mass is 10.0. The van der Waals surface area contributed by atoms with Crippen LogP contribution in [0, 0.1) is 0 Å². The van der Waals surface area contributed by atoms with Crippen LogP contribution in [-0.2, 0) is 6.54 Å². The third-order valence-corrected chi connectivity index (χ3v) is 3.80. The van der Waals surface area contributed by atoms with Crippen LogP contribution in [0.2, 0.25) is 0 Å². The molecular weight excluding hydrogens is 234 g/mol. The quantitative estimate of drug-likeness (QED) is 0.892. The van der Waals surface area contributed by atoms with Gasteiger partial charge in [0.1, 0.15) is 0 Å². The summed E-state index contributed by atoms with van der Waals surface area (Å²) in [6, 6.07) is 8.59. The van der Waals surface area contributed by atoms with E-state index in [0.29, 0.717) is 0 Å². The fourth-order valence-corrected chi connectivity index (χ4v) is 1.91. The molecule has 0 bridgehead atoms. The Bertz CT molecular complexity index is 546. The molecule has 1 N–H and O–H groups in total. The lowest BCUT2D eigenvalue weighted by Crippen LogP contribution is -2.46. The van der Waals surface area contributed by atoms with Crippen molar-refractivity contribution in [3.63, 3.8) is 0 Å². The number of benzene rings is 1. The minimum atomic E-state index is 0.167. The van der Waals surface area contributed by atoms with E-state index >= 15 is 0 Å². The summed E-state index contributed by atoms with van der Waals surface area (Å²) in [6.45, 7) is 6.35. The zero-order valence-corrected chi connectivity index (χ0v) is 12.3. The van der Waals surface area contributed by atoms with Crippen LogP contribution in [0.5, 0.6) is 0 Å². The fraction of sp³-hybridized carbons (Fsp3) is 0.438. The molecule has 0 aliphatic carbocycles. The molecular formula is C16H23N3. The van der Waals surface area contributed by atoms with Gasteiger partial charge in [0.05, 0.1) is 0 Å². The number of fused-ring (bicyclic) bond motifs is 1. The van der Waals surface area contributed by atoms with Crippen LogP contribution in [0.3, 0.4) is 0 Å². The fourth-order valence-electron chi connectivity index (χ4n) is 1.91. The van der Waals surface area contributed by atoms with Crippen molar-refractivity contribution in [2.75, 3.05) is 20.6 Å². The van der Waals surface area contributed by atoms with Gasteiger partial charge < -0.3 is 10.2 Å². The summed E-state index contributed by atoms with van der Waals surface area (Å²) in [5.74, 6) is 0. The van der Waals surface area contributed by atoms with Gasteiger partial charge in [-0.3, -0.25) is 4.98 Å². The highest BCUT2D eigenvalue weighted by Crippen LogP contribution is 2.15. The average Bonchev–Trinajstić information content (AvgIpc) is 2.38. The van der Waals surface area contributed by atoms with Gasteiger partial charge >= 0.3 is 0 Å². The Morgan fingerprint density at radius 1 is 1.16 bits per heavy atom. The molecule has 3 heteroatoms. The summed E-state index contributed by atoms with van der Waals surface area (Å²) in [7, 11) is 4.23. The van der Waals surface area contributed by atoms with E-state index in [2.05, 4.69) is 67.4 Å². The molecule has 2 rings (SSSR count). The minimum absolute atomic E-state index is 0.167. The van der Waals surface area contributed by atoms with Crippen molar-refractivity contribution in [2.45, 2.75) is 25.9 Å². The second kappa shape index (κ2) is 5.68. The molecule has 0 saturated heterocycles. The summed E-state index contributed by atoms with van der Waals surface area (Å²) in [4.78, 5) is 6.38. The first-order valence-electron chi connectivity index (χ1n) is 6.70. The maximum Gasteiger partial charge on any atom is 0.0346 e. The van der Waals surface area contributed by atoms with E-state index in [-0.39, 0.29) is 5.54 Å². The molecule has 3 nitrogen and oxygen atoms in total. The maximum absolute atomic E-state index is 4.14. The number of hydrogen-bond acceptors (Lipinski definition) is 3. The second-order valence-electron chi connectivity index (χ2n) is 5.87. The Hall–Kier alpha value is -1.45. The normalized spacial score (nSPS) is 12.3. The summed E-state index contributed by atoms with van der Waals surface area (Å²) in [5, 5.41) is 5.98. The number of rotatable bonds is 5. The number of likely N-dealkylation sites (N-methyl/N-ethyl adjacent to an activating group) is 1. The van der Waals surface area contributed by atoms with Crippen LogP contribution in [0.1, 0.15) is 19.4 Å². The Morgan fingerprint density at radius 3 is 2.68 bits per heavy atom. The number of aromatic nitrogens is 1. The van der Waals surface area contributed by atoms with Gasteiger partial charge in [-0.2, -0.15) is 0 Å². The molecule has 2 aromatic rings. The monoisotopic (exact) mass is 257 g/mol. The van der Waals surface area contributed by atoms with Gasteiger partial charge in [0.25, 0.3) is 0 Å². The molecule has 1 heterocycles. The van der Waals surface area contributed by atoms with Gasteiger partial charge in [0.2, 0.25) is 0 Å². The van der Waals surface area contributed by atoms with Gasteiger partial charge in [-0.1, -0.05) is 12.1 Å². The number of pyridine rings is 1. The van der Waals surface area contributed by atoms with E-state index in [1.807, 2.05) is 12.4 Å². The number of nitrogens with zero attached hydrogens (tertiary/aromatic N) is 2. The molecule has 1 aromatic carbocycles. The van der Waals surface area contributed by atoms with Crippen molar-refractivity contribution in [1.82, 2.24) is 15.2 Å². The highest BCUT2D eigenvalue weighted by molar-refractivity contribution is 5.81. The highest BCUT2D eigenvalue weighted by atomic mass is 15.2. The van der Waals surface area contributed by atoms with Crippen molar-refractivity contribution in [1.29, 1.82) is 0 Å². The SMILES string of the molecule is CN(C)C(C)(C)CNCc1ccc2cnccc2c1. The molecule has 0 spiro atoms. The smallest absolute Gasteiger partial charge is 0.0346 e. The molecule has 0 unspecified atom stereocenters. The van der Waals surface area contributed by atoms with Crippen molar-refractivity contribution in [3.8, 4) is 0 Å². The van der Waals surface area contributed by atoms with Crippen molar-refractivity contribution < 1.29 is 0 Å². The van der Waals surface area contributed by atoms with Gasteiger partial charge in [-0.25, -0.2) is 0 Å². The molecule has 0 fully saturated rings. The van der Waals surface area contributed by atoms with E-state index in [4.69, 9.17) is 0 Å².